The molecular formula is C21H26ClN3O3S. The molecule has 1 amide bonds. The molecule has 0 saturated carbocycles. The van der Waals surface area contributed by atoms with E-state index in [1.54, 1.807) is 6.07 Å². The molecule has 3 rings (SSSR count). The van der Waals surface area contributed by atoms with Crippen molar-refractivity contribution in [3.63, 3.8) is 0 Å². The van der Waals surface area contributed by atoms with Gasteiger partial charge in [-0.25, -0.2) is 8.42 Å². The molecule has 0 aromatic heterocycles. The molecule has 1 heterocycles. The molecule has 0 spiro atoms. The van der Waals surface area contributed by atoms with E-state index in [0.29, 0.717) is 24.7 Å². The Balaban J connectivity index is 1.90. The predicted octanol–water partition coefficient (Wildman–Crippen LogP) is 4.08. The Labute approximate surface area is 177 Å². The van der Waals surface area contributed by atoms with E-state index in [2.05, 4.69) is 5.32 Å². The molecule has 29 heavy (non-hydrogen) atoms. The molecule has 1 saturated heterocycles. The SMILES string of the molecule is CC1CCCN(S(=O)(=O)c2cc(C(=O)Nc3ccccc3N(C)C)ccc2Cl)C1. The van der Waals surface area contributed by atoms with Gasteiger partial charge in [-0.3, -0.25) is 4.79 Å². The second-order valence-corrected chi connectivity index (χ2v) is 9.93. The maximum absolute atomic E-state index is 13.1. The summed E-state index contributed by atoms with van der Waals surface area (Å²) in [4.78, 5) is 14.7. The summed E-state index contributed by atoms with van der Waals surface area (Å²) in [5.74, 6) is -0.0919. The summed E-state index contributed by atoms with van der Waals surface area (Å²) in [6.07, 6.45) is 1.83. The first-order chi connectivity index (χ1) is 13.7. The number of carbonyl (C=O) groups is 1. The monoisotopic (exact) mass is 435 g/mol. The van der Waals surface area contributed by atoms with Gasteiger partial charge in [0.15, 0.2) is 0 Å². The molecule has 0 radical (unpaired) electrons. The minimum Gasteiger partial charge on any atom is -0.376 e. The topological polar surface area (TPSA) is 69.7 Å². The van der Waals surface area contributed by atoms with Gasteiger partial charge in [0, 0.05) is 32.7 Å². The van der Waals surface area contributed by atoms with Crippen molar-refractivity contribution in [3.05, 3.63) is 53.1 Å². The highest BCUT2D eigenvalue weighted by molar-refractivity contribution is 7.89. The van der Waals surface area contributed by atoms with Crippen LogP contribution in [0.25, 0.3) is 0 Å². The van der Waals surface area contributed by atoms with Gasteiger partial charge >= 0.3 is 0 Å². The van der Waals surface area contributed by atoms with Crippen LogP contribution in [0, 0.1) is 5.92 Å². The number of hydrogen-bond donors (Lipinski definition) is 1. The van der Waals surface area contributed by atoms with Crippen LogP contribution in [0.5, 0.6) is 0 Å². The highest BCUT2D eigenvalue weighted by Gasteiger charge is 2.31. The van der Waals surface area contributed by atoms with Crippen molar-refractivity contribution >= 4 is 38.9 Å². The molecule has 0 bridgehead atoms. The highest BCUT2D eigenvalue weighted by Crippen LogP contribution is 2.30. The molecule has 1 atom stereocenters. The number of nitrogens with one attached hydrogen (secondary N) is 1. The van der Waals surface area contributed by atoms with Crippen molar-refractivity contribution in [1.82, 2.24) is 4.31 Å². The number of benzene rings is 2. The first-order valence-corrected chi connectivity index (χ1v) is 11.4. The van der Waals surface area contributed by atoms with Crippen LogP contribution in [0.15, 0.2) is 47.4 Å². The summed E-state index contributed by atoms with van der Waals surface area (Å²) in [5, 5.41) is 2.98. The van der Waals surface area contributed by atoms with Gasteiger partial charge in [-0.05, 0) is 49.1 Å². The first-order valence-electron chi connectivity index (χ1n) is 9.57. The Kier molecular flexibility index (Phi) is 6.51. The van der Waals surface area contributed by atoms with Crippen LogP contribution in [-0.2, 0) is 10.0 Å². The van der Waals surface area contributed by atoms with Gasteiger partial charge in [-0.1, -0.05) is 30.7 Å². The van der Waals surface area contributed by atoms with Crippen LogP contribution in [0.4, 0.5) is 11.4 Å². The zero-order chi connectivity index (χ0) is 21.2. The number of rotatable bonds is 5. The first kappa shape index (κ1) is 21.6. The van der Waals surface area contributed by atoms with Crippen LogP contribution >= 0.6 is 11.6 Å². The summed E-state index contributed by atoms with van der Waals surface area (Å²) in [7, 11) is 0.0100. The third kappa shape index (κ3) is 4.74. The molecule has 8 heteroatoms. The molecule has 1 aliphatic heterocycles. The fourth-order valence-corrected chi connectivity index (χ4v) is 5.61. The maximum atomic E-state index is 13.1. The molecule has 0 aliphatic carbocycles. The van der Waals surface area contributed by atoms with E-state index >= 15 is 0 Å². The third-order valence-corrected chi connectivity index (χ3v) is 7.41. The smallest absolute Gasteiger partial charge is 0.255 e. The van der Waals surface area contributed by atoms with Gasteiger partial charge in [0.2, 0.25) is 10.0 Å². The van der Waals surface area contributed by atoms with E-state index in [-0.39, 0.29) is 21.4 Å². The van der Waals surface area contributed by atoms with E-state index in [4.69, 9.17) is 11.6 Å². The Hall–Kier alpha value is -2.09. The summed E-state index contributed by atoms with van der Waals surface area (Å²) in [5.41, 5.74) is 1.74. The number of piperidine rings is 1. The van der Waals surface area contributed by atoms with Gasteiger partial charge in [0.25, 0.3) is 5.91 Å². The number of nitrogens with zero attached hydrogens (tertiary/aromatic N) is 2. The largest absolute Gasteiger partial charge is 0.376 e. The van der Waals surface area contributed by atoms with E-state index in [0.717, 1.165) is 18.5 Å². The van der Waals surface area contributed by atoms with E-state index in [1.165, 1.54) is 22.5 Å². The van der Waals surface area contributed by atoms with E-state index in [1.807, 2.05) is 44.1 Å². The lowest BCUT2D eigenvalue weighted by Crippen LogP contribution is -2.39. The number of hydrogen-bond acceptors (Lipinski definition) is 4. The molecule has 1 fully saturated rings. The second-order valence-electron chi connectivity index (χ2n) is 7.62. The fourth-order valence-electron chi connectivity index (χ4n) is 3.51. The zero-order valence-electron chi connectivity index (χ0n) is 16.9. The van der Waals surface area contributed by atoms with Crippen LogP contribution in [-0.4, -0.2) is 45.8 Å². The van der Waals surface area contributed by atoms with Gasteiger partial charge in [0.1, 0.15) is 4.90 Å². The van der Waals surface area contributed by atoms with Crippen LogP contribution in [0.3, 0.4) is 0 Å². The minimum absolute atomic E-state index is 0.0261. The van der Waals surface area contributed by atoms with Crippen LogP contribution in [0.1, 0.15) is 30.1 Å². The summed E-state index contributed by atoms with van der Waals surface area (Å²) in [6.45, 7) is 2.97. The van der Waals surface area contributed by atoms with Crippen molar-refractivity contribution in [1.29, 1.82) is 0 Å². The van der Waals surface area contributed by atoms with Crippen molar-refractivity contribution in [2.24, 2.45) is 5.92 Å². The Morgan fingerprint density at radius 3 is 2.62 bits per heavy atom. The summed E-state index contributed by atoms with van der Waals surface area (Å²) < 4.78 is 27.7. The summed E-state index contributed by atoms with van der Waals surface area (Å²) in [6, 6.07) is 11.8. The molecule has 6 nitrogen and oxygen atoms in total. The number of anilines is 2. The molecule has 1 N–H and O–H groups in total. The quantitative estimate of drug-likeness (QED) is 0.768. The average molecular weight is 436 g/mol. The van der Waals surface area contributed by atoms with Gasteiger partial charge in [0.05, 0.1) is 16.4 Å². The van der Waals surface area contributed by atoms with Gasteiger partial charge in [-0.2, -0.15) is 4.31 Å². The number of sulfonamides is 1. The predicted molar refractivity (Wildman–Crippen MR) is 117 cm³/mol. The van der Waals surface area contributed by atoms with Gasteiger partial charge in [-0.15, -0.1) is 0 Å². The Bertz CT molecular complexity index is 1010. The summed E-state index contributed by atoms with van der Waals surface area (Å²) >= 11 is 6.22. The molecular weight excluding hydrogens is 410 g/mol. The Morgan fingerprint density at radius 2 is 1.93 bits per heavy atom. The lowest BCUT2D eigenvalue weighted by atomic mass is 10.0. The standard InChI is InChI=1S/C21H26ClN3O3S/c1-15-7-6-12-25(14-15)29(27,28)20-13-16(10-11-17(20)22)21(26)23-18-8-4-5-9-19(18)24(2)3/h4-5,8-11,13,15H,6-7,12,14H2,1-3H3,(H,23,26). The lowest BCUT2D eigenvalue weighted by Gasteiger charge is -2.30. The number of amides is 1. The fraction of sp³-hybridized carbons (Fsp3) is 0.381. The average Bonchev–Trinajstić information content (AvgIpc) is 2.68. The van der Waals surface area contributed by atoms with E-state index < -0.39 is 10.0 Å². The molecule has 156 valence electrons. The van der Waals surface area contributed by atoms with Crippen molar-refractivity contribution in [2.75, 3.05) is 37.4 Å². The normalized spacial score (nSPS) is 17.7. The van der Waals surface area contributed by atoms with Crippen molar-refractivity contribution in [2.45, 2.75) is 24.7 Å². The van der Waals surface area contributed by atoms with Crippen LogP contribution < -0.4 is 10.2 Å². The third-order valence-electron chi connectivity index (χ3n) is 5.07. The van der Waals surface area contributed by atoms with Crippen molar-refractivity contribution < 1.29 is 13.2 Å². The second kappa shape index (κ2) is 8.73. The number of carbonyl (C=O) groups excluding carboxylic acids is 1. The van der Waals surface area contributed by atoms with E-state index in [9.17, 15) is 13.2 Å². The molecule has 2 aromatic carbocycles. The number of para-hydroxylation sites is 2. The van der Waals surface area contributed by atoms with Gasteiger partial charge < -0.3 is 10.2 Å². The lowest BCUT2D eigenvalue weighted by molar-refractivity contribution is 0.102. The highest BCUT2D eigenvalue weighted by atomic mass is 35.5. The molecule has 1 aliphatic rings. The maximum Gasteiger partial charge on any atom is 0.255 e. The van der Waals surface area contributed by atoms with Crippen LogP contribution in [0.2, 0.25) is 5.02 Å². The molecule has 1 unspecified atom stereocenters. The molecule has 2 aromatic rings. The van der Waals surface area contributed by atoms with Crippen molar-refractivity contribution in [3.8, 4) is 0 Å². The Morgan fingerprint density at radius 1 is 1.21 bits per heavy atom. The minimum atomic E-state index is -3.76. The number of halogens is 1. The zero-order valence-corrected chi connectivity index (χ0v) is 18.4.